The van der Waals surface area contributed by atoms with Gasteiger partial charge in [-0.05, 0) is 47.2 Å². The van der Waals surface area contributed by atoms with Gasteiger partial charge in [-0.25, -0.2) is 0 Å². The van der Waals surface area contributed by atoms with E-state index in [9.17, 15) is 29.7 Å². The highest BCUT2D eigenvalue weighted by molar-refractivity contribution is 5.96. The number of carbonyl (C=O) groups excluding carboxylic acids is 3. The SMILES string of the molecule is C[C@H](O)[C@@H](NC(=O)[C@@]12C[C@H]3OC(=O)[C@@H]1N(Cc1ccccc1C=CCc1ccccc1O)O[C@@H]2[C@H]1OC2(Cc4ccccc4C2)O[C@H]13)C(=O)NCCO. The summed E-state index contributed by atoms with van der Waals surface area (Å²) in [6, 6.07) is 20.1. The number of phenols is 1. The molecule has 4 fully saturated rings. The number of para-hydroxylation sites is 1. The van der Waals surface area contributed by atoms with Crippen molar-refractivity contribution >= 4 is 23.9 Å². The number of fused-ring (bicyclic) bond motifs is 5. The molecule has 3 saturated heterocycles. The van der Waals surface area contributed by atoms with E-state index >= 15 is 0 Å². The number of phenolic OH excluding ortho intramolecular Hbond substituents is 1. The second kappa shape index (κ2) is 14.0. The van der Waals surface area contributed by atoms with E-state index in [0.29, 0.717) is 19.3 Å². The third-order valence-electron chi connectivity index (χ3n) is 11.2. The zero-order chi connectivity index (χ0) is 36.9. The van der Waals surface area contributed by atoms with Crippen LogP contribution in [0.25, 0.3) is 6.08 Å². The highest BCUT2D eigenvalue weighted by Crippen LogP contribution is 2.58. The number of hydroxylamine groups is 2. The molecular weight excluding hydrogens is 682 g/mol. The van der Waals surface area contributed by atoms with Gasteiger partial charge < -0.3 is 40.2 Å². The highest BCUT2D eigenvalue weighted by Gasteiger charge is 2.76. The van der Waals surface area contributed by atoms with Crippen LogP contribution in [0.2, 0.25) is 0 Å². The second-order valence-corrected chi connectivity index (χ2v) is 14.6. The van der Waals surface area contributed by atoms with E-state index in [-0.39, 0.29) is 31.9 Å². The largest absolute Gasteiger partial charge is 0.508 e. The van der Waals surface area contributed by atoms with Gasteiger partial charge in [0.2, 0.25) is 11.8 Å². The van der Waals surface area contributed by atoms with Crippen molar-refractivity contribution in [3.8, 4) is 5.75 Å². The lowest BCUT2D eigenvalue weighted by atomic mass is 9.62. The van der Waals surface area contributed by atoms with Gasteiger partial charge in [0, 0.05) is 25.8 Å². The van der Waals surface area contributed by atoms with Crippen LogP contribution in [-0.2, 0) is 59.2 Å². The number of nitrogens with one attached hydrogen (secondary N) is 2. The standard InChI is InChI=1S/C40H43N3O10/c1-23(45)31(36(47)41-17-18-44)42-38(49)40-21-30-32-33(52-39(51-32)19-26-11-3-4-12-27(26)20-39)35(40)53-43(34(40)37(48)50-30)22-28-13-5-2-9-24(28)14-8-15-25-10-6-7-16-29(25)46/h2-14,16,23,30-35,44-46H,15,17-22H2,1H3,(H,41,47)(H,42,49)/t23-,30+,31+,32-,33-,34-,35+,40-/m0/s1. The lowest BCUT2D eigenvalue weighted by Gasteiger charge is -2.49. The number of benzene rings is 3. The number of esters is 1. The van der Waals surface area contributed by atoms with E-state index < -0.39 is 71.6 Å². The van der Waals surface area contributed by atoms with Crippen molar-refractivity contribution in [3.63, 3.8) is 0 Å². The first-order chi connectivity index (χ1) is 25.6. The monoisotopic (exact) mass is 725 g/mol. The summed E-state index contributed by atoms with van der Waals surface area (Å²) in [6.45, 7) is 1.08. The summed E-state index contributed by atoms with van der Waals surface area (Å²) in [5.41, 5.74) is 3.02. The Kier molecular flexibility index (Phi) is 9.34. The fourth-order valence-electron chi connectivity index (χ4n) is 8.73. The van der Waals surface area contributed by atoms with Crippen molar-refractivity contribution < 1.29 is 48.8 Å². The number of ether oxygens (including phenoxy) is 3. The Morgan fingerprint density at radius 3 is 2.38 bits per heavy atom. The van der Waals surface area contributed by atoms with E-state index in [0.717, 1.165) is 27.8 Å². The Morgan fingerprint density at radius 1 is 0.981 bits per heavy atom. The van der Waals surface area contributed by atoms with Crippen LogP contribution in [0.5, 0.6) is 5.75 Å². The number of hydrogen-bond donors (Lipinski definition) is 5. The Balaban J connectivity index is 1.13. The van der Waals surface area contributed by atoms with Crippen LogP contribution in [0.4, 0.5) is 0 Å². The van der Waals surface area contributed by atoms with Gasteiger partial charge in [-0.15, -0.1) is 0 Å². The predicted molar refractivity (Wildman–Crippen MR) is 188 cm³/mol. The molecule has 13 nitrogen and oxygen atoms in total. The lowest BCUT2D eigenvalue weighted by Crippen LogP contribution is -2.71. The van der Waals surface area contributed by atoms with Gasteiger partial charge in [-0.1, -0.05) is 78.9 Å². The first kappa shape index (κ1) is 35.4. The lowest BCUT2D eigenvalue weighted by molar-refractivity contribution is -0.217. The number of aliphatic hydroxyl groups is 2. The molecule has 2 bridgehead atoms. The summed E-state index contributed by atoms with van der Waals surface area (Å²) >= 11 is 0. The first-order valence-electron chi connectivity index (χ1n) is 18.1. The number of hydrogen-bond acceptors (Lipinski definition) is 11. The molecule has 5 aliphatic rings. The third-order valence-corrected chi connectivity index (χ3v) is 11.2. The molecule has 0 aromatic heterocycles. The van der Waals surface area contributed by atoms with Gasteiger partial charge in [0.15, 0.2) is 11.8 Å². The van der Waals surface area contributed by atoms with E-state index in [1.54, 1.807) is 12.1 Å². The molecule has 1 spiro atoms. The van der Waals surface area contributed by atoms with Crippen molar-refractivity contribution in [1.82, 2.24) is 15.7 Å². The molecular formula is C40H43N3O10. The Hall–Kier alpha value is -4.63. The van der Waals surface area contributed by atoms with Gasteiger partial charge >= 0.3 is 5.97 Å². The predicted octanol–water partition coefficient (Wildman–Crippen LogP) is 1.70. The molecule has 2 aliphatic carbocycles. The molecule has 3 aromatic carbocycles. The van der Waals surface area contributed by atoms with Crippen LogP contribution in [0.1, 0.15) is 41.2 Å². The van der Waals surface area contributed by atoms with Crippen molar-refractivity contribution in [2.75, 3.05) is 13.2 Å². The zero-order valence-corrected chi connectivity index (χ0v) is 29.2. The summed E-state index contributed by atoms with van der Waals surface area (Å²) in [6.07, 6.45) is 0.693. The Morgan fingerprint density at radius 2 is 1.66 bits per heavy atom. The topological polar surface area (TPSA) is 176 Å². The second-order valence-electron chi connectivity index (χ2n) is 14.6. The smallest absolute Gasteiger partial charge is 0.327 e. The molecule has 3 aliphatic heterocycles. The maximum atomic E-state index is 14.8. The minimum absolute atomic E-state index is 0.0386. The van der Waals surface area contributed by atoms with Crippen molar-refractivity contribution in [2.45, 2.75) is 87.5 Å². The summed E-state index contributed by atoms with van der Waals surface area (Å²) in [5.74, 6) is -2.83. The summed E-state index contributed by atoms with van der Waals surface area (Å²) < 4.78 is 19.6. The maximum Gasteiger partial charge on any atom is 0.327 e. The minimum Gasteiger partial charge on any atom is -0.508 e. The van der Waals surface area contributed by atoms with Gasteiger partial charge in [0.1, 0.15) is 41.6 Å². The molecule has 13 heteroatoms. The Bertz CT molecular complexity index is 1910. The highest BCUT2D eigenvalue weighted by atomic mass is 16.8. The van der Waals surface area contributed by atoms with Crippen LogP contribution in [-0.4, -0.2) is 99.7 Å². The van der Waals surface area contributed by atoms with Crippen LogP contribution >= 0.6 is 0 Å². The van der Waals surface area contributed by atoms with Crippen LogP contribution in [0.3, 0.4) is 0 Å². The van der Waals surface area contributed by atoms with Crippen molar-refractivity contribution in [3.05, 3.63) is 107 Å². The summed E-state index contributed by atoms with van der Waals surface area (Å²) in [5, 5.41) is 36.9. The fourth-order valence-corrected chi connectivity index (χ4v) is 8.73. The van der Waals surface area contributed by atoms with Crippen LogP contribution < -0.4 is 10.6 Å². The summed E-state index contributed by atoms with van der Waals surface area (Å²) in [7, 11) is 0. The number of nitrogens with zero attached hydrogens (tertiary/aromatic N) is 1. The Labute approximate surface area is 306 Å². The number of rotatable bonds is 11. The number of allylic oxidation sites excluding steroid dienone is 1. The fraction of sp³-hybridized carbons (Fsp3) is 0.425. The third kappa shape index (κ3) is 6.20. The van der Waals surface area contributed by atoms with Gasteiger partial charge in [0.25, 0.3) is 0 Å². The van der Waals surface area contributed by atoms with Crippen molar-refractivity contribution in [2.24, 2.45) is 5.41 Å². The maximum absolute atomic E-state index is 14.8. The minimum atomic E-state index is -1.58. The zero-order valence-electron chi connectivity index (χ0n) is 29.2. The molecule has 0 radical (unpaired) electrons. The van der Waals surface area contributed by atoms with E-state index in [2.05, 4.69) is 10.6 Å². The van der Waals surface area contributed by atoms with Crippen molar-refractivity contribution in [1.29, 1.82) is 0 Å². The number of aromatic hydroxyl groups is 1. The molecule has 1 saturated carbocycles. The molecule has 0 unspecified atom stereocenters. The molecule has 8 rings (SSSR count). The first-order valence-corrected chi connectivity index (χ1v) is 18.1. The van der Waals surface area contributed by atoms with Crippen LogP contribution in [0, 0.1) is 5.41 Å². The molecule has 278 valence electrons. The van der Waals surface area contributed by atoms with Gasteiger partial charge in [0.05, 0.1) is 19.3 Å². The van der Waals surface area contributed by atoms with E-state index in [4.69, 9.17) is 19.0 Å². The molecule has 3 heterocycles. The van der Waals surface area contributed by atoms with E-state index in [1.165, 1.54) is 12.0 Å². The quantitative estimate of drug-likeness (QED) is 0.182. The molecule has 53 heavy (non-hydrogen) atoms. The number of amides is 2. The van der Waals surface area contributed by atoms with E-state index in [1.807, 2.05) is 72.8 Å². The molecule has 2 amide bonds. The number of aliphatic hydroxyl groups excluding tert-OH is 2. The average molecular weight is 726 g/mol. The van der Waals surface area contributed by atoms with Crippen LogP contribution in [0.15, 0.2) is 78.9 Å². The average Bonchev–Trinajstić information content (AvgIpc) is 3.82. The number of carbonyl (C=O) groups is 3. The molecule has 3 aromatic rings. The molecule has 8 atom stereocenters. The van der Waals surface area contributed by atoms with Gasteiger partial charge in [-0.2, -0.15) is 5.06 Å². The molecule has 5 N–H and O–H groups in total. The summed E-state index contributed by atoms with van der Waals surface area (Å²) in [4.78, 5) is 48.8. The van der Waals surface area contributed by atoms with Gasteiger partial charge in [-0.3, -0.25) is 19.2 Å². The normalized spacial score (nSPS) is 29.0.